The van der Waals surface area contributed by atoms with E-state index in [0.717, 1.165) is 28.7 Å². The molecule has 2 aromatic carbocycles. The number of likely N-dealkylation sites (N-methyl/N-ethyl adjacent to an activating group) is 1. The Morgan fingerprint density at radius 1 is 1.28 bits per heavy atom. The molecule has 0 aromatic heterocycles. The third kappa shape index (κ3) is 7.22. The Balaban J connectivity index is 1.98. The molecular formula is C25H33F2N3O2. The van der Waals surface area contributed by atoms with Gasteiger partial charge in [-0.05, 0) is 37.1 Å². The fraction of sp³-hybridized carbons (Fsp3) is 0.400. The molecule has 32 heavy (non-hydrogen) atoms. The van der Waals surface area contributed by atoms with Crippen LogP contribution in [0.1, 0.15) is 47.6 Å². The van der Waals surface area contributed by atoms with Crippen LogP contribution in [0.3, 0.4) is 0 Å². The zero-order valence-corrected chi connectivity index (χ0v) is 19.0. The molecule has 3 N–H and O–H groups in total. The number of hydrogen-bond acceptors (Lipinski definition) is 4. The molecule has 174 valence electrons. The number of rotatable bonds is 13. The molecule has 0 radical (unpaired) electrons. The average Bonchev–Trinajstić information content (AvgIpc) is 2.75. The van der Waals surface area contributed by atoms with Gasteiger partial charge in [0, 0.05) is 18.7 Å². The second-order valence-corrected chi connectivity index (χ2v) is 8.04. The number of nitrogens with two attached hydrogens (primary N) is 1. The second kappa shape index (κ2) is 11.9. The number of benzene rings is 2. The predicted octanol–water partition coefficient (Wildman–Crippen LogP) is 4.54. The molecule has 2 aromatic rings. The van der Waals surface area contributed by atoms with Gasteiger partial charge >= 0.3 is 0 Å². The normalized spacial score (nSPS) is 12.7. The number of nitrogens with zero attached hydrogens (tertiary/aromatic N) is 1. The lowest BCUT2D eigenvalue weighted by Crippen LogP contribution is -2.42. The first kappa shape index (κ1) is 25.6. The zero-order valence-electron chi connectivity index (χ0n) is 19.0. The Bertz CT molecular complexity index is 901. The van der Waals surface area contributed by atoms with Crippen LogP contribution in [-0.2, 0) is 28.6 Å². The van der Waals surface area contributed by atoms with Crippen molar-refractivity contribution in [3.8, 4) is 0 Å². The van der Waals surface area contributed by atoms with Gasteiger partial charge in [-0.3, -0.25) is 14.5 Å². The van der Waals surface area contributed by atoms with Crippen molar-refractivity contribution in [3.05, 3.63) is 76.9 Å². The Labute approximate surface area is 189 Å². The molecule has 0 aliphatic carbocycles. The molecule has 0 saturated carbocycles. The summed E-state index contributed by atoms with van der Waals surface area (Å²) >= 11 is 0. The van der Waals surface area contributed by atoms with Crippen LogP contribution in [0.15, 0.2) is 49.0 Å². The fourth-order valence-electron chi connectivity index (χ4n) is 3.49. The predicted molar refractivity (Wildman–Crippen MR) is 124 cm³/mol. The lowest BCUT2D eigenvalue weighted by atomic mass is 10.0. The summed E-state index contributed by atoms with van der Waals surface area (Å²) in [5, 5.41) is 0. The van der Waals surface area contributed by atoms with Gasteiger partial charge in [0.2, 0.25) is 5.91 Å². The van der Waals surface area contributed by atoms with Crippen molar-refractivity contribution in [1.82, 2.24) is 10.4 Å². The van der Waals surface area contributed by atoms with Crippen LogP contribution in [0, 0.1) is 6.92 Å². The van der Waals surface area contributed by atoms with Crippen molar-refractivity contribution in [1.29, 1.82) is 0 Å². The smallest absolute Gasteiger partial charge is 0.298 e. The highest BCUT2D eigenvalue weighted by Gasteiger charge is 2.32. The van der Waals surface area contributed by atoms with Crippen LogP contribution >= 0.6 is 0 Å². The van der Waals surface area contributed by atoms with E-state index in [4.69, 9.17) is 10.6 Å². The van der Waals surface area contributed by atoms with Gasteiger partial charge < -0.3 is 5.73 Å². The SMILES string of the molecule is C=Cc1ccc(CNOCC(F)(F)c2ccc(C)cc2)cc1CN(C)C(CCC)C(N)=O. The second-order valence-electron chi connectivity index (χ2n) is 8.04. The molecule has 5 nitrogen and oxygen atoms in total. The van der Waals surface area contributed by atoms with E-state index >= 15 is 0 Å². The topological polar surface area (TPSA) is 67.6 Å². The maximum Gasteiger partial charge on any atom is 0.298 e. The highest BCUT2D eigenvalue weighted by Crippen LogP contribution is 2.28. The van der Waals surface area contributed by atoms with Gasteiger partial charge in [-0.15, -0.1) is 0 Å². The minimum absolute atomic E-state index is 0.0818. The van der Waals surface area contributed by atoms with Crippen molar-refractivity contribution in [2.75, 3.05) is 13.7 Å². The van der Waals surface area contributed by atoms with Crippen molar-refractivity contribution in [3.63, 3.8) is 0 Å². The summed E-state index contributed by atoms with van der Waals surface area (Å²) in [7, 11) is 1.86. The molecule has 0 heterocycles. The molecule has 0 spiro atoms. The lowest BCUT2D eigenvalue weighted by Gasteiger charge is -2.26. The quantitative estimate of drug-likeness (QED) is 0.351. The average molecular weight is 446 g/mol. The van der Waals surface area contributed by atoms with Gasteiger partial charge in [-0.25, -0.2) is 0 Å². The van der Waals surface area contributed by atoms with Gasteiger partial charge in [0.05, 0.1) is 6.04 Å². The highest BCUT2D eigenvalue weighted by molar-refractivity contribution is 5.79. The fourth-order valence-corrected chi connectivity index (χ4v) is 3.49. The van der Waals surface area contributed by atoms with E-state index in [1.165, 1.54) is 12.1 Å². The molecule has 7 heteroatoms. The molecule has 0 bridgehead atoms. The first-order valence-electron chi connectivity index (χ1n) is 10.7. The molecule has 2 rings (SSSR count). The number of alkyl halides is 2. The zero-order chi connectivity index (χ0) is 23.7. The molecule has 0 fully saturated rings. The molecular weight excluding hydrogens is 412 g/mol. The Hall–Kier alpha value is -2.61. The number of nitrogens with one attached hydrogen (secondary N) is 1. The first-order valence-corrected chi connectivity index (χ1v) is 10.7. The van der Waals surface area contributed by atoms with Crippen LogP contribution in [0.5, 0.6) is 0 Å². The third-order valence-electron chi connectivity index (χ3n) is 5.38. The van der Waals surface area contributed by atoms with E-state index < -0.39 is 12.5 Å². The number of hydroxylamine groups is 1. The van der Waals surface area contributed by atoms with Gasteiger partial charge in [0.15, 0.2) is 0 Å². The number of aryl methyl sites for hydroxylation is 1. The summed E-state index contributed by atoms with van der Waals surface area (Å²) in [4.78, 5) is 18.8. The van der Waals surface area contributed by atoms with Crippen molar-refractivity contribution >= 4 is 12.0 Å². The van der Waals surface area contributed by atoms with E-state index in [2.05, 4.69) is 12.1 Å². The Morgan fingerprint density at radius 3 is 2.56 bits per heavy atom. The van der Waals surface area contributed by atoms with Gasteiger partial charge in [0.1, 0.15) is 6.61 Å². The number of carbonyl (C=O) groups excluding carboxylic acids is 1. The largest absolute Gasteiger partial charge is 0.368 e. The molecule has 1 amide bonds. The van der Waals surface area contributed by atoms with Crippen molar-refractivity contribution < 1.29 is 18.4 Å². The minimum Gasteiger partial charge on any atom is -0.368 e. The summed E-state index contributed by atoms with van der Waals surface area (Å²) in [6.07, 6.45) is 3.28. The van der Waals surface area contributed by atoms with Gasteiger partial charge in [0.25, 0.3) is 5.92 Å². The maximum absolute atomic E-state index is 14.3. The van der Waals surface area contributed by atoms with Gasteiger partial charge in [-0.2, -0.15) is 14.3 Å². The van der Waals surface area contributed by atoms with Crippen LogP contribution in [0.4, 0.5) is 8.78 Å². The van der Waals surface area contributed by atoms with Gasteiger partial charge in [-0.1, -0.05) is 74.0 Å². The summed E-state index contributed by atoms with van der Waals surface area (Å²) in [5.74, 6) is -3.44. The molecule has 0 saturated heterocycles. The van der Waals surface area contributed by atoms with E-state index in [1.54, 1.807) is 18.2 Å². The molecule has 0 aliphatic rings. The first-order chi connectivity index (χ1) is 15.2. The number of hydrogen-bond donors (Lipinski definition) is 2. The Kier molecular flexibility index (Phi) is 9.50. The van der Waals surface area contributed by atoms with Crippen LogP contribution in [0.2, 0.25) is 0 Å². The number of carbonyl (C=O) groups is 1. The van der Waals surface area contributed by atoms with E-state index in [-0.39, 0.29) is 24.1 Å². The minimum atomic E-state index is -3.09. The highest BCUT2D eigenvalue weighted by atomic mass is 19.3. The van der Waals surface area contributed by atoms with Crippen LogP contribution in [0.25, 0.3) is 6.08 Å². The Morgan fingerprint density at radius 2 is 1.97 bits per heavy atom. The third-order valence-corrected chi connectivity index (χ3v) is 5.38. The maximum atomic E-state index is 14.3. The summed E-state index contributed by atoms with van der Waals surface area (Å²) < 4.78 is 28.6. The molecule has 0 aliphatic heterocycles. The van der Waals surface area contributed by atoms with E-state index in [9.17, 15) is 13.6 Å². The van der Waals surface area contributed by atoms with Crippen molar-refractivity contribution in [2.45, 2.75) is 51.7 Å². The summed E-state index contributed by atoms with van der Waals surface area (Å²) in [5.41, 5.74) is 11.8. The standard InChI is InChI=1S/C25H33F2N3O2/c1-5-7-23(24(28)31)30(4)16-21-14-19(10-11-20(21)6-2)15-29-32-17-25(26,27)22-12-8-18(3)9-13-22/h6,8-14,23,29H,2,5,7,15-17H2,1,3-4H3,(H2,28,31). The lowest BCUT2D eigenvalue weighted by molar-refractivity contribution is -0.123. The molecule has 1 unspecified atom stereocenters. The number of halogens is 2. The number of amides is 1. The summed E-state index contributed by atoms with van der Waals surface area (Å²) in [6.45, 7) is 7.70. The number of primary amides is 1. The molecule has 1 atom stereocenters. The van der Waals surface area contributed by atoms with Crippen LogP contribution < -0.4 is 11.2 Å². The van der Waals surface area contributed by atoms with E-state index in [1.807, 2.05) is 44.0 Å². The summed E-state index contributed by atoms with van der Waals surface area (Å²) in [6, 6.07) is 11.5. The monoisotopic (exact) mass is 445 g/mol. The van der Waals surface area contributed by atoms with E-state index in [0.29, 0.717) is 13.0 Å². The van der Waals surface area contributed by atoms with Crippen molar-refractivity contribution in [2.24, 2.45) is 5.73 Å². The van der Waals surface area contributed by atoms with Crippen LogP contribution in [-0.4, -0.2) is 30.5 Å².